The number of rotatable bonds is 6. The summed E-state index contributed by atoms with van der Waals surface area (Å²) in [6.45, 7) is 9.13. The maximum atomic E-state index is 10.4. The van der Waals surface area contributed by atoms with Gasteiger partial charge >= 0.3 is 0 Å². The number of aliphatic hydroxyl groups excluding tert-OH is 1. The molecule has 1 atom stereocenters. The Morgan fingerprint density at radius 1 is 1.10 bits per heavy atom. The second-order valence-electron chi connectivity index (χ2n) is 6.75. The molecule has 21 heavy (non-hydrogen) atoms. The highest BCUT2D eigenvalue weighted by Gasteiger charge is 2.26. The molecule has 1 aromatic rings. The molecular weight excluding hydrogens is 260 g/mol. The zero-order valence-corrected chi connectivity index (χ0v) is 13.2. The molecule has 1 heterocycles. The van der Waals surface area contributed by atoms with Gasteiger partial charge in [-0.1, -0.05) is 24.3 Å². The van der Waals surface area contributed by atoms with Crippen molar-refractivity contribution in [3.8, 4) is 0 Å². The van der Waals surface area contributed by atoms with Crippen LogP contribution in [-0.4, -0.2) is 54.2 Å². The van der Waals surface area contributed by atoms with Crippen LogP contribution in [0.4, 0.5) is 0 Å². The van der Waals surface area contributed by atoms with Crippen molar-refractivity contribution in [3.05, 3.63) is 35.4 Å². The summed E-state index contributed by atoms with van der Waals surface area (Å²) in [5.74, 6) is 0.999. The Morgan fingerprint density at radius 2 is 1.76 bits per heavy atom. The van der Waals surface area contributed by atoms with E-state index in [1.54, 1.807) is 0 Å². The molecule has 1 saturated heterocycles. The molecule has 2 aliphatic rings. The second-order valence-corrected chi connectivity index (χ2v) is 6.75. The Balaban J connectivity index is 1.40. The molecule has 1 unspecified atom stereocenters. The number of nitrogens with zero attached hydrogens (tertiary/aromatic N) is 2. The largest absolute Gasteiger partial charge is 0.388 e. The van der Waals surface area contributed by atoms with Gasteiger partial charge in [0.2, 0.25) is 0 Å². The molecule has 0 spiro atoms. The van der Waals surface area contributed by atoms with E-state index in [-0.39, 0.29) is 6.10 Å². The van der Waals surface area contributed by atoms with Gasteiger partial charge in [-0.05, 0) is 43.2 Å². The third kappa shape index (κ3) is 4.29. The quantitative estimate of drug-likeness (QED) is 0.871. The van der Waals surface area contributed by atoms with Gasteiger partial charge in [0.25, 0.3) is 0 Å². The molecule has 3 nitrogen and oxygen atoms in total. The highest BCUT2D eigenvalue weighted by Crippen LogP contribution is 2.30. The lowest BCUT2D eigenvalue weighted by molar-refractivity contribution is 0.100. The first-order valence-electron chi connectivity index (χ1n) is 8.40. The maximum absolute atomic E-state index is 10.4. The second kappa shape index (κ2) is 6.91. The molecule has 0 radical (unpaired) electrons. The molecule has 116 valence electrons. The van der Waals surface area contributed by atoms with Gasteiger partial charge in [-0.2, -0.15) is 0 Å². The fraction of sp³-hybridized carbons (Fsp3) is 0.667. The molecule has 1 aliphatic heterocycles. The summed E-state index contributed by atoms with van der Waals surface area (Å²) in [4.78, 5) is 5.12. The van der Waals surface area contributed by atoms with Crippen LogP contribution in [0, 0.1) is 12.8 Å². The smallest absolute Gasteiger partial charge is 0.0804 e. The van der Waals surface area contributed by atoms with Crippen molar-refractivity contribution in [2.45, 2.75) is 32.3 Å². The van der Waals surface area contributed by atoms with E-state index in [1.807, 2.05) is 18.2 Å². The number of piperazine rings is 1. The van der Waals surface area contributed by atoms with Gasteiger partial charge in [-0.25, -0.2) is 0 Å². The summed E-state index contributed by atoms with van der Waals surface area (Å²) in [7, 11) is 0. The first-order valence-corrected chi connectivity index (χ1v) is 8.40. The van der Waals surface area contributed by atoms with E-state index in [9.17, 15) is 5.11 Å². The Morgan fingerprint density at radius 3 is 2.43 bits per heavy atom. The van der Waals surface area contributed by atoms with Crippen molar-refractivity contribution < 1.29 is 5.11 Å². The maximum Gasteiger partial charge on any atom is 0.0804 e. The molecule has 1 saturated carbocycles. The van der Waals surface area contributed by atoms with Gasteiger partial charge in [0.1, 0.15) is 0 Å². The fourth-order valence-corrected chi connectivity index (χ4v) is 3.28. The third-order valence-electron chi connectivity index (χ3n) is 4.94. The van der Waals surface area contributed by atoms with Crippen LogP contribution in [0.2, 0.25) is 0 Å². The fourth-order valence-electron chi connectivity index (χ4n) is 3.28. The van der Waals surface area contributed by atoms with Crippen molar-refractivity contribution in [2.75, 3.05) is 39.3 Å². The van der Waals surface area contributed by atoms with Crippen LogP contribution in [0.15, 0.2) is 24.3 Å². The van der Waals surface area contributed by atoms with E-state index in [4.69, 9.17) is 0 Å². The summed E-state index contributed by atoms with van der Waals surface area (Å²) in [5.41, 5.74) is 2.28. The summed E-state index contributed by atoms with van der Waals surface area (Å²) >= 11 is 0. The first-order chi connectivity index (χ1) is 10.2. The van der Waals surface area contributed by atoms with Crippen molar-refractivity contribution in [2.24, 2.45) is 5.92 Å². The molecule has 0 amide bonds. The predicted molar refractivity (Wildman–Crippen MR) is 86.4 cm³/mol. The Hall–Kier alpha value is -0.900. The van der Waals surface area contributed by atoms with E-state index in [2.05, 4.69) is 22.8 Å². The van der Waals surface area contributed by atoms with Crippen LogP contribution in [-0.2, 0) is 0 Å². The number of aliphatic hydroxyl groups is 1. The van der Waals surface area contributed by atoms with Gasteiger partial charge in [0.15, 0.2) is 0 Å². The lowest BCUT2D eigenvalue weighted by atomic mass is 10.0. The SMILES string of the molecule is Cc1ccccc1C(O)CCN1CCN(CC2CC2)CC1. The minimum atomic E-state index is -0.323. The minimum Gasteiger partial charge on any atom is -0.388 e. The van der Waals surface area contributed by atoms with Crippen LogP contribution >= 0.6 is 0 Å². The summed E-state index contributed by atoms with van der Waals surface area (Å²) in [5, 5.41) is 10.4. The number of hydrogen-bond acceptors (Lipinski definition) is 3. The van der Waals surface area contributed by atoms with Crippen LogP contribution in [0.3, 0.4) is 0 Å². The molecule has 2 fully saturated rings. The topological polar surface area (TPSA) is 26.7 Å². The molecule has 1 aromatic carbocycles. The zero-order chi connectivity index (χ0) is 14.7. The zero-order valence-electron chi connectivity index (χ0n) is 13.2. The molecule has 0 aromatic heterocycles. The molecule has 3 rings (SSSR count). The lowest BCUT2D eigenvalue weighted by Crippen LogP contribution is -2.47. The molecular formula is C18H28N2O. The van der Waals surface area contributed by atoms with Gasteiger partial charge in [-0.3, -0.25) is 0 Å². The average molecular weight is 288 g/mol. The Bertz CT molecular complexity index is 450. The van der Waals surface area contributed by atoms with Crippen LogP contribution < -0.4 is 0 Å². The highest BCUT2D eigenvalue weighted by atomic mass is 16.3. The monoisotopic (exact) mass is 288 g/mol. The predicted octanol–water partition coefficient (Wildman–Crippen LogP) is 2.45. The van der Waals surface area contributed by atoms with E-state index >= 15 is 0 Å². The van der Waals surface area contributed by atoms with E-state index in [1.165, 1.54) is 38.0 Å². The standard InChI is InChI=1S/C18H28N2O/c1-15-4-2-3-5-17(15)18(21)8-9-19-10-12-20(13-11-19)14-16-6-7-16/h2-5,16,18,21H,6-14H2,1H3. The van der Waals surface area contributed by atoms with E-state index in [0.29, 0.717) is 0 Å². The van der Waals surface area contributed by atoms with E-state index < -0.39 is 0 Å². The van der Waals surface area contributed by atoms with Crippen LogP contribution in [0.25, 0.3) is 0 Å². The van der Waals surface area contributed by atoms with Crippen molar-refractivity contribution in [3.63, 3.8) is 0 Å². The molecule has 1 aliphatic carbocycles. The molecule has 1 N–H and O–H groups in total. The summed E-state index contributed by atoms with van der Waals surface area (Å²) in [6.07, 6.45) is 3.41. The number of aryl methyl sites for hydroxylation is 1. The first kappa shape index (κ1) is 15.0. The van der Waals surface area contributed by atoms with Gasteiger partial charge < -0.3 is 14.9 Å². The Kier molecular flexibility index (Phi) is 4.94. The highest BCUT2D eigenvalue weighted by molar-refractivity contribution is 5.27. The van der Waals surface area contributed by atoms with Crippen molar-refractivity contribution >= 4 is 0 Å². The van der Waals surface area contributed by atoms with Crippen LogP contribution in [0.5, 0.6) is 0 Å². The van der Waals surface area contributed by atoms with Crippen molar-refractivity contribution in [1.29, 1.82) is 0 Å². The van der Waals surface area contributed by atoms with Crippen molar-refractivity contribution in [1.82, 2.24) is 9.80 Å². The molecule has 3 heteroatoms. The Labute approximate surface area is 128 Å². The third-order valence-corrected chi connectivity index (χ3v) is 4.94. The normalized spacial score (nSPS) is 22.4. The summed E-state index contributed by atoms with van der Waals surface area (Å²) in [6, 6.07) is 8.18. The van der Waals surface area contributed by atoms with Gasteiger partial charge in [-0.15, -0.1) is 0 Å². The molecule has 0 bridgehead atoms. The van der Waals surface area contributed by atoms with Gasteiger partial charge in [0, 0.05) is 39.3 Å². The van der Waals surface area contributed by atoms with Gasteiger partial charge in [0.05, 0.1) is 6.10 Å². The van der Waals surface area contributed by atoms with E-state index in [0.717, 1.165) is 37.5 Å². The van der Waals surface area contributed by atoms with Crippen LogP contribution in [0.1, 0.15) is 36.5 Å². The minimum absolute atomic E-state index is 0.323. The average Bonchev–Trinajstić information content (AvgIpc) is 3.31. The summed E-state index contributed by atoms with van der Waals surface area (Å²) < 4.78 is 0. The number of benzene rings is 1. The lowest BCUT2D eigenvalue weighted by Gasteiger charge is -2.35. The number of hydrogen-bond donors (Lipinski definition) is 1.